The maximum Gasteiger partial charge on any atom is 0.317 e. The van der Waals surface area contributed by atoms with E-state index in [1.165, 1.54) is 12.8 Å². The second kappa shape index (κ2) is 9.83. The summed E-state index contributed by atoms with van der Waals surface area (Å²) in [6.07, 6.45) is 5.32. The number of carbonyl (C=O) groups excluding carboxylic acids is 1. The number of nitrogens with zero attached hydrogens (tertiary/aromatic N) is 2. The van der Waals surface area contributed by atoms with Crippen LogP contribution in [0.1, 0.15) is 39.0 Å². The minimum Gasteiger partial charge on any atom is -0.497 e. The van der Waals surface area contributed by atoms with E-state index in [4.69, 9.17) is 9.47 Å². The summed E-state index contributed by atoms with van der Waals surface area (Å²) in [5.74, 6) is 1.69. The second-order valence-corrected chi connectivity index (χ2v) is 7.57. The summed E-state index contributed by atoms with van der Waals surface area (Å²) in [5.41, 5.74) is 0. The van der Waals surface area contributed by atoms with E-state index in [0.717, 1.165) is 63.5 Å². The predicted molar refractivity (Wildman–Crippen MR) is 107 cm³/mol. The van der Waals surface area contributed by atoms with Crippen molar-refractivity contribution < 1.29 is 14.3 Å². The van der Waals surface area contributed by atoms with E-state index in [1.54, 1.807) is 7.11 Å². The Balaban J connectivity index is 1.40. The number of hydrogen-bond donors (Lipinski definition) is 1. The van der Waals surface area contributed by atoms with Crippen molar-refractivity contribution in [3.05, 3.63) is 24.3 Å². The Morgan fingerprint density at radius 3 is 2.48 bits per heavy atom. The normalized spacial score (nSPS) is 21.7. The molecule has 2 aliphatic rings. The highest BCUT2D eigenvalue weighted by atomic mass is 16.5. The molecule has 27 heavy (non-hydrogen) atoms. The molecule has 2 fully saturated rings. The number of urea groups is 1. The van der Waals surface area contributed by atoms with Gasteiger partial charge in [-0.25, -0.2) is 4.79 Å². The number of nitrogens with one attached hydrogen (secondary N) is 1. The van der Waals surface area contributed by atoms with E-state index in [9.17, 15) is 4.79 Å². The zero-order valence-corrected chi connectivity index (χ0v) is 16.7. The zero-order valence-electron chi connectivity index (χ0n) is 16.7. The lowest BCUT2D eigenvalue weighted by atomic mass is 10.1. The SMILES string of the molecule is CCCN1CCC[C@H](NC(=O)N2CCC(Oc3ccc(OC)cc3)CC2)C1. The molecule has 2 amide bonds. The van der Waals surface area contributed by atoms with Crippen LogP contribution in [0.4, 0.5) is 4.79 Å². The molecular weight excluding hydrogens is 342 g/mol. The third-order valence-electron chi connectivity index (χ3n) is 5.46. The summed E-state index contributed by atoms with van der Waals surface area (Å²) in [7, 11) is 1.66. The summed E-state index contributed by atoms with van der Waals surface area (Å²) in [6.45, 7) is 6.97. The maximum absolute atomic E-state index is 12.6. The predicted octanol–water partition coefficient (Wildman–Crippen LogP) is 3.12. The number of amides is 2. The molecule has 1 atom stereocenters. The quantitative estimate of drug-likeness (QED) is 0.830. The Bertz CT molecular complexity index is 583. The van der Waals surface area contributed by atoms with Crippen LogP contribution in [0.3, 0.4) is 0 Å². The van der Waals surface area contributed by atoms with E-state index >= 15 is 0 Å². The molecule has 2 aliphatic heterocycles. The topological polar surface area (TPSA) is 54.0 Å². The first-order chi connectivity index (χ1) is 13.2. The van der Waals surface area contributed by atoms with Crippen LogP contribution >= 0.6 is 0 Å². The molecule has 0 spiro atoms. The highest BCUT2D eigenvalue weighted by Crippen LogP contribution is 2.22. The summed E-state index contributed by atoms with van der Waals surface area (Å²) < 4.78 is 11.2. The van der Waals surface area contributed by atoms with Gasteiger partial charge < -0.3 is 24.6 Å². The van der Waals surface area contributed by atoms with Crippen molar-refractivity contribution in [2.75, 3.05) is 39.8 Å². The van der Waals surface area contributed by atoms with Crippen molar-refractivity contribution in [3.63, 3.8) is 0 Å². The molecule has 0 bridgehead atoms. The van der Waals surface area contributed by atoms with Gasteiger partial charge in [0.1, 0.15) is 17.6 Å². The minimum atomic E-state index is 0.0845. The lowest BCUT2D eigenvalue weighted by Crippen LogP contribution is -2.53. The van der Waals surface area contributed by atoms with Gasteiger partial charge in [-0.2, -0.15) is 0 Å². The largest absolute Gasteiger partial charge is 0.497 e. The van der Waals surface area contributed by atoms with Crippen LogP contribution in [0.2, 0.25) is 0 Å². The van der Waals surface area contributed by atoms with Crippen molar-refractivity contribution >= 4 is 6.03 Å². The average Bonchev–Trinajstić information content (AvgIpc) is 2.70. The highest BCUT2D eigenvalue weighted by Gasteiger charge is 2.27. The molecular formula is C21H33N3O3. The van der Waals surface area contributed by atoms with Gasteiger partial charge in [0, 0.05) is 38.5 Å². The highest BCUT2D eigenvalue weighted by molar-refractivity contribution is 5.74. The Hall–Kier alpha value is -1.95. The number of piperidine rings is 2. The molecule has 0 unspecified atom stereocenters. The van der Waals surface area contributed by atoms with Crippen molar-refractivity contribution in [3.8, 4) is 11.5 Å². The van der Waals surface area contributed by atoms with Crippen LogP contribution in [0.25, 0.3) is 0 Å². The second-order valence-electron chi connectivity index (χ2n) is 7.57. The number of carbonyl (C=O) groups is 1. The van der Waals surface area contributed by atoms with Crippen molar-refractivity contribution in [2.24, 2.45) is 0 Å². The molecule has 1 aromatic rings. The summed E-state index contributed by atoms with van der Waals surface area (Å²) in [4.78, 5) is 17.0. The third kappa shape index (κ3) is 5.76. The van der Waals surface area contributed by atoms with Gasteiger partial charge in [0.05, 0.1) is 7.11 Å². The average molecular weight is 376 g/mol. The molecule has 1 N–H and O–H groups in total. The number of hydrogen-bond acceptors (Lipinski definition) is 4. The Morgan fingerprint density at radius 2 is 1.81 bits per heavy atom. The molecule has 0 radical (unpaired) electrons. The van der Waals surface area contributed by atoms with Crippen LogP contribution in [-0.4, -0.2) is 67.8 Å². The van der Waals surface area contributed by atoms with Gasteiger partial charge in [-0.05, 0) is 56.6 Å². The van der Waals surface area contributed by atoms with Gasteiger partial charge in [-0.15, -0.1) is 0 Å². The van der Waals surface area contributed by atoms with Gasteiger partial charge in [0.15, 0.2) is 0 Å². The number of likely N-dealkylation sites (tertiary alicyclic amines) is 2. The number of ether oxygens (including phenoxy) is 2. The fourth-order valence-electron chi connectivity index (χ4n) is 3.98. The van der Waals surface area contributed by atoms with Crippen LogP contribution in [0.15, 0.2) is 24.3 Å². The van der Waals surface area contributed by atoms with Gasteiger partial charge in [-0.3, -0.25) is 0 Å². The minimum absolute atomic E-state index is 0.0845. The lowest BCUT2D eigenvalue weighted by Gasteiger charge is -2.36. The Labute approximate surface area is 162 Å². The third-order valence-corrected chi connectivity index (χ3v) is 5.46. The smallest absolute Gasteiger partial charge is 0.317 e. The van der Waals surface area contributed by atoms with Crippen LogP contribution in [0.5, 0.6) is 11.5 Å². The van der Waals surface area contributed by atoms with Crippen molar-refractivity contribution in [1.82, 2.24) is 15.1 Å². The first kappa shape index (κ1) is 19.8. The summed E-state index contributed by atoms with van der Waals surface area (Å²) in [6, 6.07) is 8.05. The monoisotopic (exact) mass is 375 g/mol. The standard InChI is InChI=1S/C21H33N3O3/c1-3-12-23-13-4-5-17(16-23)22-21(25)24-14-10-20(11-15-24)27-19-8-6-18(26-2)7-9-19/h6-9,17,20H,3-5,10-16H2,1-2H3,(H,22,25)/t17-/m0/s1. The molecule has 150 valence electrons. The van der Waals surface area contributed by atoms with Gasteiger partial charge >= 0.3 is 6.03 Å². The van der Waals surface area contributed by atoms with E-state index in [0.29, 0.717) is 0 Å². The Kier molecular flexibility index (Phi) is 7.21. The molecule has 1 aromatic carbocycles. The molecule has 2 saturated heterocycles. The van der Waals surface area contributed by atoms with Gasteiger partial charge in [0.2, 0.25) is 0 Å². The van der Waals surface area contributed by atoms with Crippen molar-refractivity contribution in [2.45, 2.75) is 51.2 Å². The molecule has 3 rings (SSSR count). The molecule has 0 aliphatic carbocycles. The van der Waals surface area contributed by atoms with Gasteiger partial charge in [0.25, 0.3) is 0 Å². The van der Waals surface area contributed by atoms with Crippen LogP contribution in [0, 0.1) is 0 Å². The van der Waals surface area contributed by atoms with E-state index in [-0.39, 0.29) is 18.2 Å². The van der Waals surface area contributed by atoms with E-state index in [1.807, 2.05) is 29.2 Å². The van der Waals surface area contributed by atoms with E-state index in [2.05, 4.69) is 17.1 Å². The molecule has 0 aromatic heterocycles. The lowest BCUT2D eigenvalue weighted by molar-refractivity contribution is 0.107. The van der Waals surface area contributed by atoms with Gasteiger partial charge in [-0.1, -0.05) is 6.92 Å². The molecule has 6 heteroatoms. The van der Waals surface area contributed by atoms with Crippen LogP contribution < -0.4 is 14.8 Å². The number of methoxy groups -OCH3 is 1. The molecule has 6 nitrogen and oxygen atoms in total. The maximum atomic E-state index is 12.6. The van der Waals surface area contributed by atoms with Crippen molar-refractivity contribution in [1.29, 1.82) is 0 Å². The fourth-order valence-corrected chi connectivity index (χ4v) is 3.98. The number of benzene rings is 1. The van der Waals surface area contributed by atoms with E-state index < -0.39 is 0 Å². The Morgan fingerprint density at radius 1 is 1.11 bits per heavy atom. The summed E-state index contributed by atoms with van der Waals surface area (Å²) in [5, 5.41) is 3.24. The zero-order chi connectivity index (χ0) is 19.1. The first-order valence-corrected chi connectivity index (χ1v) is 10.3. The molecule has 0 saturated carbocycles. The summed E-state index contributed by atoms with van der Waals surface area (Å²) >= 11 is 0. The van der Waals surface area contributed by atoms with Crippen LogP contribution in [-0.2, 0) is 0 Å². The fraction of sp³-hybridized carbons (Fsp3) is 0.667. The first-order valence-electron chi connectivity index (χ1n) is 10.3. The molecule has 2 heterocycles. The number of rotatable bonds is 6.